The number of carbonyl (C=O) groups is 1. The van der Waals surface area contributed by atoms with Crippen LogP contribution in [0.2, 0.25) is 0 Å². The highest BCUT2D eigenvalue weighted by Crippen LogP contribution is 2.36. The Kier molecular flexibility index (Phi) is 4.95. The molecule has 2 atom stereocenters. The minimum absolute atomic E-state index is 0.0558. The fourth-order valence-corrected chi connectivity index (χ4v) is 4.49. The van der Waals surface area contributed by atoms with Crippen molar-refractivity contribution in [3.05, 3.63) is 11.1 Å². The molecule has 0 aromatic carbocycles. The molecular weight excluding hydrogens is 334 g/mol. The molecule has 1 saturated heterocycles. The first kappa shape index (κ1) is 17.0. The van der Waals surface area contributed by atoms with Gasteiger partial charge < -0.3 is 10.5 Å². The monoisotopic (exact) mass is 357 g/mol. The number of rotatable bonds is 4. The second kappa shape index (κ2) is 6.98. The quantitative estimate of drug-likeness (QED) is 0.644. The molecule has 3 aliphatic rings. The summed E-state index contributed by atoms with van der Waals surface area (Å²) in [5.74, 6) is 1.12. The molecule has 9 nitrogen and oxygen atoms in total. The molecule has 1 saturated carbocycles. The lowest BCUT2D eigenvalue weighted by molar-refractivity contribution is 0.195. The Bertz CT molecular complexity index is 648. The molecule has 10 heteroatoms. The van der Waals surface area contributed by atoms with Crippen molar-refractivity contribution in [3.8, 4) is 0 Å². The summed E-state index contributed by atoms with van der Waals surface area (Å²) in [6.45, 7) is 2.35. The summed E-state index contributed by atoms with van der Waals surface area (Å²) in [7, 11) is -4.14. The van der Waals surface area contributed by atoms with Crippen LogP contribution in [0, 0.1) is 11.8 Å². The van der Waals surface area contributed by atoms with Crippen LogP contribution in [-0.2, 0) is 14.8 Å². The SMILES string of the molecule is NC=C(C1=NCCCO1)S(=O)(=O)NC(=O)NN1CC2CCCC2C1. The molecule has 0 bridgehead atoms. The van der Waals surface area contributed by atoms with E-state index in [-0.39, 0.29) is 10.8 Å². The summed E-state index contributed by atoms with van der Waals surface area (Å²) in [4.78, 5) is 15.7. The first-order valence-electron chi connectivity index (χ1n) is 8.17. The Balaban J connectivity index is 1.59. The van der Waals surface area contributed by atoms with Gasteiger partial charge in [-0.25, -0.2) is 22.9 Å². The Hall–Kier alpha value is -1.81. The molecule has 134 valence electrons. The van der Waals surface area contributed by atoms with Crippen molar-refractivity contribution in [2.75, 3.05) is 26.2 Å². The van der Waals surface area contributed by atoms with Crippen molar-refractivity contribution < 1.29 is 17.9 Å². The van der Waals surface area contributed by atoms with Crippen LogP contribution < -0.4 is 15.9 Å². The molecule has 4 N–H and O–H groups in total. The maximum atomic E-state index is 12.3. The number of nitrogens with one attached hydrogen (secondary N) is 2. The first-order valence-corrected chi connectivity index (χ1v) is 9.66. The average Bonchev–Trinajstić information content (AvgIpc) is 3.09. The van der Waals surface area contributed by atoms with Crippen LogP contribution in [0.1, 0.15) is 25.7 Å². The highest BCUT2D eigenvalue weighted by molar-refractivity contribution is 7.94. The van der Waals surface area contributed by atoms with E-state index in [4.69, 9.17) is 10.5 Å². The van der Waals surface area contributed by atoms with E-state index < -0.39 is 16.1 Å². The number of hydrazine groups is 1. The lowest BCUT2D eigenvalue weighted by Crippen LogP contribution is -2.49. The third kappa shape index (κ3) is 3.64. The Morgan fingerprint density at radius 3 is 2.58 bits per heavy atom. The highest BCUT2D eigenvalue weighted by Gasteiger charge is 2.37. The van der Waals surface area contributed by atoms with E-state index in [1.807, 2.05) is 4.72 Å². The van der Waals surface area contributed by atoms with Crippen molar-refractivity contribution in [2.24, 2.45) is 22.6 Å². The molecular formula is C14H23N5O4S. The molecule has 2 fully saturated rings. The largest absolute Gasteiger partial charge is 0.477 e. The lowest BCUT2D eigenvalue weighted by Gasteiger charge is -2.20. The standard InChI is InChI=1S/C14H23N5O4S/c15-7-12(13-16-5-2-6-23-13)24(21,22)18-14(20)17-19-8-10-3-1-4-11(10)9-19/h7,10-11H,1-6,8-9,15H2,(H2,17,18,20). The summed E-state index contributed by atoms with van der Waals surface area (Å²) in [6.07, 6.45) is 5.17. The summed E-state index contributed by atoms with van der Waals surface area (Å²) in [5, 5.41) is 1.78. The van der Waals surface area contributed by atoms with Gasteiger partial charge >= 0.3 is 6.03 Å². The first-order chi connectivity index (χ1) is 11.5. The zero-order valence-electron chi connectivity index (χ0n) is 13.4. The van der Waals surface area contributed by atoms with E-state index in [1.54, 1.807) is 5.01 Å². The van der Waals surface area contributed by atoms with Crippen LogP contribution in [0.25, 0.3) is 0 Å². The zero-order valence-corrected chi connectivity index (χ0v) is 14.2. The number of nitrogens with two attached hydrogens (primary N) is 1. The molecule has 3 rings (SSSR count). The predicted molar refractivity (Wildman–Crippen MR) is 88.1 cm³/mol. The molecule has 2 unspecified atom stereocenters. The van der Waals surface area contributed by atoms with Crippen molar-refractivity contribution in [2.45, 2.75) is 25.7 Å². The third-order valence-electron chi connectivity index (χ3n) is 4.66. The van der Waals surface area contributed by atoms with Crippen LogP contribution in [0.5, 0.6) is 0 Å². The fraction of sp³-hybridized carbons (Fsp3) is 0.714. The number of carbonyl (C=O) groups excluding carboxylic acids is 1. The number of sulfonamides is 1. The molecule has 1 aliphatic carbocycles. The van der Waals surface area contributed by atoms with Gasteiger partial charge in [-0.15, -0.1) is 0 Å². The van der Waals surface area contributed by atoms with Crippen LogP contribution in [0.4, 0.5) is 4.79 Å². The minimum Gasteiger partial charge on any atom is -0.477 e. The van der Waals surface area contributed by atoms with Crippen LogP contribution >= 0.6 is 0 Å². The predicted octanol–water partition coefficient (Wildman–Crippen LogP) is -0.119. The molecule has 0 radical (unpaired) electrons. The van der Waals surface area contributed by atoms with E-state index in [9.17, 15) is 13.2 Å². The van der Waals surface area contributed by atoms with Crippen molar-refractivity contribution in [3.63, 3.8) is 0 Å². The van der Waals surface area contributed by atoms with Gasteiger partial charge in [-0.2, -0.15) is 0 Å². The summed E-state index contributed by atoms with van der Waals surface area (Å²) >= 11 is 0. The smallest absolute Gasteiger partial charge is 0.343 e. The van der Waals surface area contributed by atoms with Crippen LogP contribution in [0.15, 0.2) is 16.1 Å². The van der Waals surface area contributed by atoms with Gasteiger partial charge in [-0.05, 0) is 24.7 Å². The number of nitrogens with zero attached hydrogens (tertiary/aromatic N) is 2. The van der Waals surface area contributed by atoms with Crippen LogP contribution in [-0.4, -0.2) is 51.6 Å². The van der Waals surface area contributed by atoms with E-state index in [1.165, 1.54) is 19.3 Å². The fourth-order valence-electron chi connectivity index (χ4n) is 3.55. The van der Waals surface area contributed by atoms with E-state index in [0.29, 0.717) is 31.4 Å². The summed E-state index contributed by atoms with van der Waals surface area (Å²) in [6, 6.07) is -0.800. The topological polar surface area (TPSA) is 126 Å². The Morgan fingerprint density at radius 2 is 2.00 bits per heavy atom. The Morgan fingerprint density at radius 1 is 1.29 bits per heavy atom. The zero-order chi connectivity index (χ0) is 17.2. The van der Waals surface area contributed by atoms with Crippen molar-refractivity contribution in [1.82, 2.24) is 15.2 Å². The van der Waals surface area contributed by atoms with Gasteiger partial charge in [0.2, 0.25) is 5.90 Å². The number of hydrogen-bond acceptors (Lipinski definition) is 7. The maximum absolute atomic E-state index is 12.3. The average molecular weight is 357 g/mol. The second-order valence-corrected chi connectivity index (χ2v) is 7.97. The van der Waals surface area contributed by atoms with Gasteiger partial charge in [0.25, 0.3) is 10.0 Å². The highest BCUT2D eigenvalue weighted by atomic mass is 32.2. The van der Waals surface area contributed by atoms with E-state index in [2.05, 4.69) is 10.4 Å². The summed E-state index contributed by atoms with van der Waals surface area (Å²) < 4.78 is 31.9. The van der Waals surface area contributed by atoms with Gasteiger partial charge in [-0.1, -0.05) is 6.42 Å². The number of ether oxygens (including phenoxy) is 1. The number of fused-ring (bicyclic) bond motifs is 1. The van der Waals surface area contributed by atoms with Gasteiger partial charge in [0, 0.05) is 32.3 Å². The van der Waals surface area contributed by atoms with E-state index in [0.717, 1.165) is 19.3 Å². The second-order valence-electron chi connectivity index (χ2n) is 6.32. The molecule has 2 heterocycles. The normalized spacial score (nSPS) is 28.0. The molecule has 0 spiro atoms. The van der Waals surface area contributed by atoms with Crippen LogP contribution in [0.3, 0.4) is 0 Å². The van der Waals surface area contributed by atoms with Gasteiger partial charge in [0.15, 0.2) is 4.91 Å². The molecule has 24 heavy (non-hydrogen) atoms. The van der Waals surface area contributed by atoms with Gasteiger partial charge in [0.05, 0.1) is 6.61 Å². The van der Waals surface area contributed by atoms with Gasteiger partial charge in [0.1, 0.15) is 0 Å². The third-order valence-corrected chi connectivity index (χ3v) is 6.01. The number of hydrogen-bond donors (Lipinski definition) is 3. The number of aliphatic imine (C=N–C) groups is 1. The van der Waals surface area contributed by atoms with Gasteiger partial charge in [-0.3, -0.25) is 10.4 Å². The minimum atomic E-state index is -4.14. The van der Waals surface area contributed by atoms with E-state index >= 15 is 0 Å². The lowest BCUT2D eigenvalue weighted by atomic mass is 10.0. The molecule has 0 aromatic rings. The Labute approximate surface area is 141 Å². The number of amides is 2. The molecule has 2 aliphatic heterocycles. The van der Waals surface area contributed by atoms with Crippen molar-refractivity contribution in [1.29, 1.82) is 0 Å². The number of urea groups is 1. The maximum Gasteiger partial charge on any atom is 0.343 e. The molecule has 2 amide bonds. The summed E-state index contributed by atoms with van der Waals surface area (Å²) in [5.41, 5.74) is 8.01. The molecule has 0 aromatic heterocycles. The van der Waals surface area contributed by atoms with Crippen molar-refractivity contribution >= 4 is 22.0 Å².